The lowest BCUT2D eigenvalue weighted by atomic mass is 9.78. The molecule has 5 rings (SSSR count). The summed E-state index contributed by atoms with van der Waals surface area (Å²) in [4.78, 5) is 44.6. The number of thioether (sulfide) groups is 1. The van der Waals surface area contributed by atoms with E-state index in [2.05, 4.69) is 0 Å². The van der Waals surface area contributed by atoms with Crippen LogP contribution in [-0.2, 0) is 19.1 Å². The van der Waals surface area contributed by atoms with Gasteiger partial charge in [0.2, 0.25) is 5.91 Å². The molecule has 35 heavy (non-hydrogen) atoms. The number of nitrogens with zero attached hydrogens (tertiary/aromatic N) is 2. The molecular weight excluding hydrogens is 488 g/mol. The highest BCUT2D eigenvalue weighted by Gasteiger charge is 2.70. The molecule has 1 spiro atoms. The lowest BCUT2D eigenvalue weighted by Crippen LogP contribution is -2.53. The molecule has 0 aromatic heterocycles. The van der Waals surface area contributed by atoms with Crippen LogP contribution in [-0.4, -0.2) is 70.1 Å². The minimum Gasteiger partial charge on any atom is -0.465 e. The number of ether oxygens (including phenoxy) is 1. The maximum absolute atomic E-state index is 14.2. The predicted octanol–water partition coefficient (Wildman–Crippen LogP) is 3.21. The molecule has 0 aliphatic carbocycles. The van der Waals surface area contributed by atoms with Gasteiger partial charge in [-0.15, -0.1) is 11.8 Å². The first kappa shape index (κ1) is 24.4. The van der Waals surface area contributed by atoms with E-state index in [4.69, 9.17) is 16.3 Å². The highest BCUT2D eigenvalue weighted by atomic mass is 35.5. The third-order valence-electron chi connectivity index (χ3n) is 7.32. The van der Waals surface area contributed by atoms with Gasteiger partial charge < -0.3 is 19.6 Å². The molecule has 4 heterocycles. The zero-order valence-electron chi connectivity index (χ0n) is 19.3. The maximum atomic E-state index is 14.2. The van der Waals surface area contributed by atoms with Gasteiger partial charge in [0, 0.05) is 35.7 Å². The van der Waals surface area contributed by atoms with E-state index in [1.165, 1.54) is 0 Å². The first-order valence-electron chi connectivity index (χ1n) is 12.1. The van der Waals surface area contributed by atoms with Crippen molar-refractivity contribution in [1.82, 2.24) is 4.90 Å². The molecule has 0 saturated carbocycles. The number of cyclic esters (lactones) is 1. The van der Waals surface area contributed by atoms with Crippen LogP contribution in [0.25, 0.3) is 0 Å². The maximum Gasteiger partial charge on any atom is 0.311 e. The van der Waals surface area contributed by atoms with E-state index in [1.807, 2.05) is 36.4 Å². The largest absolute Gasteiger partial charge is 0.465 e. The quantitative estimate of drug-likeness (QED) is 0.355. The number of aliphatic hydroxyl groups excluding tert-OH is 1. The van der Waals surface area contributed by atoms with E-state index < -0.39 is 22.6 Å². The van der Waals surface area contributed by atoms with Crippen LogP contribution in [0.15, 0.2) is 48.6 Å². The number of carbonyl (C=O) groups excluding carboxylic acids is 3. The zero-order valence-corrected chi connectivity index (χ0v) is 20.9. The Morgan fingerprint density at radius 1 is 1.09 bits per heavy atom. The van der Waals surface area contributed by atoms with Gasteiger partial charge in [-0.3, -0.25) is 14.4 Å². The zero-order chi connectivity index (χ0) is 24.6. The van der Waals surface area contributed by atoms with Crippen LogP contribution >= 0.6 is 23.4 Å². The molecule has 7 nitrogen and oxygen atoms in total. The standard InChI is InChI=1S/C26H29ClN2O5S/c27-17-8-10-18(11-9-17)28-14-6-12-26-21(20-19(35-26)7-2-5-16-34-25(20)33)23(31)29(22(26)24(28)32)13-3-1-4-15-30/h2,6-12,19-22,30H,1,3-5,13-16H2/t19-,20+,21-,22?,26-/m0/s1. The lowest BCUT2D eigenvalue weighted by Gasteiger charge is -2.35. The van der Waals surface area contributed by atoms with Gasteiger partial charge in [0.05, 0.1) is 23.2 Å². The second-order valence-corrected chi connectivity index (χ2v) is 11.3. The molecular formula is C26H29ClN2O5S. The molecule has 9 heteroatoms. The Kier molecular flexibility index (Phi) is 6.97. The SMILES string of the molecule is O=C1OCCC=C[C@@H]2S[C@]34C=CCN(c5ccc(Cl)cc5)C(=O)C3N(CCCCCO)C(=O)[C@@H]4[C@H]12. The van der Waals surface area contributed by atoms with E-state index in [-0.39, 0.29) is 29.6 Å². The summed E-state index contributed by atoms with van der Waals surface area (Å²) in [5, 5.41) is 9.53. The average Bonchev–Trinajstić information content (AvgIpc) is 3.21. The number of unbranched alkanes of at least 4 members (excludes halogenated alkanes) is 2. The monoisotopic (exact) mass is 516 g/mol. The van der Waals surface area contributed by atoms with E-state index in [0.29, 0.717) is 49.7 Å². The molecule has 186 valence electrons. The van der Waals surface area contributed by atoms with Crippen molar-refractivity contribution in [2.24, 2.45) is 11.8 Å². The summed E-state index contributed by atoms with van der Waals surface area (Å²) in [5.74, 6) is -1.98. The molecule has 4 aliphatic heterocycles. The van der Waals surface area contributed by atoms with Gasteiger partial charge in [-0.1, -0.05) is 35.9 Å². The molecule has 1 N–H and O–H groups in total. The molecule has 5 atom stereocenters. The van der Waals surface area contributed by atoms with Gasteiger partial charge in [0.1, 0.15) is 6.04 Å². The molecule has 1 unspecified atom stereocenters. The van der Waals surface area contributed by atoms with Crippen molar-refractivity contribution in [2.45, 2.75) is 41.7 Å². The van der Waals surface area contributed by atoms with Crippen molar-refractivity contribution in [3.05, 3.63) is 53.6 Å². The highest BCUT2D eigenvalue weighted by molar-refractivity contribution is 8.02. The van der Waals surface area contributed by atoms with Crippen molar-refractivity contribution >= 4 is 46.8 Å². The molecule has 0 bridgehead atoms. The molecule has 1 aromatic rings. The smallest absolute Gasteiger partial charge is 0.311 e. The van der Waals surface area contributed by atoms with Crippen LogP contribution in [0.3, 0.4) is 0 Å². The fourth-order valence-electron chi connectivity index (χ4n) is 5.77. The predicted molar refractivity (Wildman–Crippen MR) is 135 cm³/mol. The van der Waals surface area contributed by atoms with Crippen molar-refractivity contribution in [3.63, 3.8) is 0 Å². The van der Waals surface area contributed by atoms with Gasteiger partial charge in [0.15, 0.2) is 0 Å². The number of hydrogen-bond donors (Lipinski definition) is 1. The summed E-state index contributed by atoms with van der Waals surface area (Å²) < 4.78 is 4.65. The Morgan fingerprint density at radius 3 is 2.66 bits per heavy atom. The lowest BCUT2D eigenvalue weighted by molar-refractivity contribution is -0.153. The summed E-state index contributed by atoms with van der Waals surface area (Å²) in [6.07, 6.45) is 10.7. The number of carbonyl (C=O) groups is 3. The van der Waals surface area contributed by atoms with Crippen molar-refractivity contribution in [2.75, 3.05) is 31.2 Å². The number of esters is 1. The van der Waals surface area contributed by atoms with Crippen molar-refractivity contribution in [3.8, 4) is 0 Å². The van der Waals surface area contributed by atoms with Crippen LogP contribution < -0.4 is 4.90 Å². The third-order valence-corrected chi connectivity index (χ3v) is 9.31. The number of fused-ring (bicyclic) bond motifs is 2. The van der Waals surface area contributed by atoms with Gasteiger partial charge in [-0.25, -0.2) is 0 Å². The number of rotatable bonds is 6. The fourth-order valence-corrected chi connectivity index (χ4v) is 7.90. The first-order valence-corrected chi connectivity index (χ1v) is 13.4. The Hall–Kier alpha value is -2.29. The molecule has 1 aromatic carbocycles. The Labute approximate surface area is 214 Å². The summed E-state index contributed by atoms with van der Waals surface area (Å²) in [5.41, 5.74) is 0.713. The van der Waals surface area contributed by atoms with Gasteiger partial charge >= 0.3 is 5.97 Å². The van der Waals surface area contributed by atoms with Gasteiger partial charge in [0.25, 0.3) is 5.91 Å². The number of amides is 2. The Balaban J connectivity index is 1.56. The summed E-state index contributed by atoms with van der Waals surface area (Å²) in [6.45, 7) is 1.16. The van der Waals surface area contributed by atoms with E-state index in [9.17, 15) is 19.5 Å². The average molecular weight is 517 g/mol. The van der Waals surface area contributed by atoms with E-state index in [1.54, 1.807) is 33.7 Å². The summed E-state index contributed by atoms with van der Waals surface area (Å²) >= 11 is 7.62. The second kappa shape index (κ2) is 9.99. The van der Waals surface area contributed by atoms with Crippen LogP contribution in [0.1, 0.15) is 25.7 Å². The molecule has 0 radical (unpaired) electrons. The van der Waals surface area contributed by atoms with Gasteiger partial charge in [-0.2, -0.15) is 0 Å². The third kappa shape index (κ3) is 4.19. The van der Waals surface area contributed by atoms with Crippen LogP contribution in [0, 0.1) is 11.8 Å². The molecule has 2 amide bonds. The number of anilines is 1. The number of likely N-dealkylation sites (tertiary alicyclic amines) is 1. The normalized spacial score (nSPS) is 32.0. The van der Waals surface area contributed by atoms with E-state index >= 15 is 0 Å². The summed E-state index contributed by atoms with van der Waals surface area (Å²) in [7, 11) is 0. The van der Waals surface area contributed by atoms with Crippen LogP contribution in [0.5, 0.6) is 0 Å². The molecule has 4 aliphatic rings. The Bertz CT molecular complexity index is 1060. The Morgan fingerprint density at radius 2 is 1.89 bits per heavy atom. The van der Waals surface area contributed by atoms with E-state index in [0.717, 1.165) is 6.42 Å². The van der Waals surface area contributed by atoms with Crippen molar-refractivity contribution in [1.29, 1.82) is 0 Å². The molecule has 2 saturated heterocycles. The van der Waals surface area contributed by atoms with Crippen LogP contribution in [0.2, 0.25) is 5.02 Å². The minimum atomic E-state index is -0.852. The minimum absolute atomic E-state index is 0.0910. The number of benzene rings is 1. The number of aliphatic hydroxyl groups is 1. The molecule has 2 fully saturated rings. The summed E-state index contributed by atoms with van der Waals surface area (Å²) in [6, 6.07) is 6.37. The number of halogens is 1. The highest BCUT2D eigenvalue weighted by Crippen LogP contribution is 2.60. The van der Waals surface area contributed by atoms with Crippen LogP contribution in [0.4, 0.5) is 5.69 Å². The van der Waals surface area contributed by atoms with Gasteiger partial charge in [-0.05, 0) is 49.9 Å². The van der Waals surface area contributed by atoms with Crippen molar-refractivity contribution < 1.29 is 24.2 Å². The second-order valence-electron chi connectivity index (χ2n) is 9.37. The number of hydrogen-bond acceptors (Lipinski definition) is 6. The fraction of sp³-hybridized carbons (Fsp3) is 0.500. The topological polar surface area (TPSA) is 87.2 Å². The first-order chi connectivity index (χ1) is 17.0.